The van der Waals surface area contributed by atoms with Crippen LogP contribution in [0.2, 0.25) is 0 Å². The molecule has 0 bridgehead atoms. The lowest BCUT2D eigenvalue weighted by Gasteiger charge is -2.17. The molecule has 24 heavy (non-hydrogen) atoms. The number of carbonyl (C=O) groups excluding carboxylic acids is 1. The number of likely N-dealkylation sites (N-methyl/N-ethyl adjacent to an activating group) is 1. The van der Waals surface area contributed by atoms with Crippen molar-refractivity contribution in [2.45, 2.75) is 30.7 Å². The van der Waals surface area contributed by atoms with Crippen molar-refractivity contribution in [2.24, 2.45) is 0 Å². The highest BCUT2D eigenvalue weighted by molar-refractivity contribution is 7.98. The van der Waals surface area contributed by atoms with Crippen molar-refractivity contribution in [3.05, 3.63) is 42.7 Å². The van der Waals surface area contributed by atoms with Gasteiger partial charge in [0.2, 0.25) is 5.91 Å². The number of carbonyl (C=O) groups is 1. The predicted octanol–water partition coefficient (Wildman–Crippen LogP) is 3.35. The van der Waals surface area contributed by atoms with Gasteiger partial charge in [-0.15, -0.1) is 11.8 Å². The maximum absolute atomic E-state index is 12.2. The number of unbranched alkanes of at least 4 members (excludes halogenated alkanes) is 2. The highest BCUT2D eigenvalue weighted by Crippen LogP contribution is 2.24. The summed E-state index contributed by atoms with van der Waals surface area (Å²) >= 11 is 1.64. The first-order valence-electron chi connectivity index (χ1n) is 8.28. The van der Waals surface area contributed by atoms with Crippen molar-refractivity contribution in [2.75, 3.05) is 31.7 Å². The predicted molar refractivity (Wildman–Crippen MR) is 100 cm³/mol. The summed E-state index contributed by atoms with van der Waals surface area (Å²) in [4.78, 5) is 15.3. The lowest BCUT2D eigenvalue weighted by Crippen LogP contribution is -2.31. The van der Waals surface area contributed by atoms with Crippen LogP contribution in [0, 0.1) is 0 Å². The average Bonchev–Trinajstić information content (AvgIpc) is 3.08. The van der Waals surface area contributed by atoms with Gasteiger partial charge in [-0.05, 0) is 50.9 Å². The third-order valence-electron chi connectivity index (χ3n) is 3.78. The van der Waals surface area contributed by atoms with E-state index in [1.807, 2.05) is 60.7 Å². The smallest absolute Gasteiger partial charge is 0.238 e. The Kier molecular flexibility index (Phi) is 7.85. The number of aryl methyl sites for hydroxylation is 1. The minimum atomic E-state index is 0.0375. The first-order valence-corrected chi connectivity index (χ1v) is 9.50. The number of hydrogen-bond acceptors (Lipinski definition) is 4. The van der Waals surface area contributed by atoms with E-state index in [0.29, 0.717) is 6.54 Å². The monoisotopic (exact) mass is 346 g/mol. The molecule has 1 heterocycles. The van der Waals surface area contributed by atoms with E-state index in [0.717, 1.165) is 42.9 Å². The second kappa shape index (κ2) is 10.2. The van der Waals surface area contributed by atoms with Gasteiger partial charge in [0.25, 0.3) is 0 Å². The molecule has 0 radical (unpaired) electrons. The Hall–Kier alpha value is -1.79. The molecule has 0 atom stereocenters. The van der Waals surface area contributed by atoms with Crippen LogP contribution in [0.5, 0.6) is 0 Å². The van der Waals surface area contributed by atoms with Gasteiger partial charge < -0.3 is 5.32 Å². The molecule has 1 N–H and O–H groups in total. The number of thioether (sulfide) groups is 1. The van der Waals surface area contributed by atoms with E-state index in [2.05, 4.69) is 15.3 Å². The normalized spacial score (nSPS) is 11.0. The van der Waals surface area contributed by atoms with Gasteiger partial charge in [-0.1, -0.05) is 18.6 Å². The summed E-state index contributed by atoms with van der Waals surface area (Å²) < 4.78 is 1.96. The number of hydrogen-bond donors (Lipinski definition) is 1. The molecule has 1 amide bonds. The molecule has 0 unspecified atom stereocenters. The zero-order valence-electron chi connectivity index (χ0n) is 14.4. The fraction of sp³-hybridized carbons (Fsp3) is 0.444. The zero-order chi connectivity index (χ0) is 17.2. The van der Waals surface area contributed by atoms with Crippen LogP contribution in [0.15, 0.2) is 47.6 Å². The zero-order valence-corrected chi connectivity index (χ0v) is 15.3. The first-order chi connectivity index (χ1) is 11.7. The molecule has 130 valence electrons. The van der Waals surface area contributed by atoms with Crippen LogP contribution >= 0.6 is 11.8 Å². The number of aromatic nitrogens is 2. The van der Waals surface area contributed by atoms with Crippen LogP contribution in [0.25, 0.3) is 0 Å². The summed E-state index contributed by atoms with van der Waals surface area (Å²) in [7, 11) is 1.99. The SMILES string of the molecule is CSc1ccccc1NC(=O)CN(C)CCCCCn1cccn1. The van der Waals surface area contributed by atoms with E-state index in [4.69, 9.17) is 0 Å². The Morgan fingerprint density at radius 3 is 2.83 bits per heavy atom. The Bertz CT molecular complexity index is 615. The molecular weight excluding hydrogens is 320 g/mol. The number of amides is 1. The number of rotatable bonds is 10. The van der Waals surface area contributed by atoms with Gasteiger partial charge >= 0.3 is 0 Å². The van der Waals surface area contributed by atoms with Gasteiger partial charge in [0.05, 0.1) is 12.2 Å². The Balaban J connectivity index is 1.62. The lowest BCUT2D eigenvalue weighted by molar-refractivity contribution is -0.117. The summed E-state index contributed by atoms with van der Waals surface area (Å²) in [6.45, 7) is 2.31. The molecule has 0 saturated heterocycles. The topological polar surface area (TPSA) is 50.2 Å². The molecule has 0 aliphatic heterocycles. The van der Waals surface area contributed by atoms with E-state index in [1.54, 1.807) is 11.8 Å². The highest BCUT2D eigenvalue weighted by atomic mass is 32.2. The van der Waals surface area contributed by atoms with Crippen molar-refractivity contribution < 1.29 is 4.79 Å². The molecule has 0 aliphatic rings. The van der Waals surface area contributed by atoms with Crippen molar-refractivity contribution in [1.82, 2.24) is 14.7 Å². The molecule has 6 heteroatoms. The van der Waals surface area contributed by atoms with Crippen molar-refractivity contribution >= 4 is 23.4 Å². The summed E-state index contributed by atoms with van der Waals surface area (Å²) in [6.07, 6.45) is 9.15. The van der Waals surface area contributed by atoms with Crippen molar-refractivity contribution in [1.29, 1.82) is 0 Å². The van der Waals surface area contributed by atoms with Crippen LogP contribution < -0.4 is 5.32 Å². The van der Waals surface area contributed by atoms with E-state index >= 15 is 0 Å². The van der Waals surface area contributed by atoms with Crippen molar-refractivity contribution in [3.8, 4) is 0 Å². The largest absolute Gasteiger partial charge is 0.324 e. The molecule has 2 aromatic rings. The summed E-state index contributed by atoms with van der Waals surface area (Å²) in [5.41, 5.74) is 0.891. The van der Waals surface area contributed by atoms with Crippen LogP contribution in [-0.4, -0.2) is 47.0 Å². The Morgan fingerprint density at radius 1 is 1.25 bits per heavy atom. The molecule has 1 aromatic heterocycles. The third kappa shape index (κ3) is 6.37. The second-order valence-electron chi connectivity index (χ2n) is 5.82. The van der Waals surface area contributed by atoms with Crippen LogP contribution in [0.1, 0.15) is 19.3 Å². The molecular formula is C18H26N4OS. The van der Waals surface area contributed by atoms with E-state index in [9.17, 15) is 4.79 Å². The quantitative estimate of drug-likeness (QED) is 0.529. The third-order valence-corrected chi connectivity index (χ3v) is 4.58. The number of nitrogens with zero attached hydrogens (tertiary/aromatic N) is 3. The number of nitrogens with one attached hydrogen (secondary N) is 1. The van der Waals surface area contributed by atoms with Crippen molar-refractivity contribution in [3.63, 3.8) is 0 Å². The molecule has 1 aromatic carbocycles. The molecule has 2 rings (SSSR count). The number of anilines is 1. The van der Waals surface area contributed by atoms with E-state index in [-0.39, 0.29) is 5.91 Å². The molecule has 0 spiro atoms. The summed E-state index contributed by atoms with van der Waals surface area (Å²) in [5.74, 6) is 0.0375. The standard InChI is InChI=1S/C18H26N4OS/c1-21(12-6-3-7-13-22-14-8-11-19-22)15-18(23)20-16-9-4-5-10-17(16)24-2/h4-5,8-11,14H,3,6-7,12-13,15H2,1-2H3,(H,20,23). The van der Waals surface area contributed by atoms with Gasteiger partial charge in [0.1, 0.15) is 0 Å². The van der Waals surface area contributed by atoms with Crippen LogP contribution in [0.4, 0.5) is 5.69 Å². The molecule has 0 saturated carbocycles. The van der Waals surface area contributed by atoms with E-state index in [1.165, 1.54) is 0 Å². The molecule has 5 nitrogen and oxygen atoms in total. The fourth-order valence-corrected chi connectivity index (χ4v) is 3.08. The lowest BCUT2D eigenvalue weighted by atomic mass is 10.2. The van der Waals surface area contributed by atoms with Gasteiger partial charge in [-0.25, -0.2) is 0 Å². The van der Waals surface area contributed by atoms with Gasteiger partial charge in [-0.2, -0.15) is 5.10 Å². The molecule has 0 fully saturated rings. The minimum Gasteiger partial charge on any atom is -0.324 e. The second-order valence-corrected chi connectivity index (χ2v) is 6.66. The maximum atomic E-state index is 12.2. The number of para-hydroxylation sites is 1. The maximum Gasteiger partial charge on any atom is 0.238 e. The van der Waals surface area contributed by atoms with Gasteiger partial charge in [0, 0.05) is 23.8 Å². The van der Waals surface area contributed by atoms with Crippen LogP contribution in [-0.2, 0) is 11.3 Å². The fourth-order valence-electron chi connectivity index (χ4n) is 2.53. The van der Waals surface area contributed by atoms with E-state index < -0.39 is 0 Å². The summed E-state index contributed by atoms with van der Waals surface area (Å²) in [6, 6.07) is 9.83. The average molecular weight is 346 g/mol. The van der Waals surface area contributed by atoms with Gasteiger partial charge in [-0.3, -0.25) is 14.4 Å². The molecule has 0 aliphatic carbocycles. The first kappa shape index (κ1) is 18.5. The Morgan fingerprint density at radius 2 is 2.08 bits per heavy atom. The Labute approximate surface area is 148 Å². The van der Waals surface area contributed by atoms with Gasteiger partial charge in [0.15, 0.2) is 0 Å². The minimum absolute atomic E-state index is 0.0375. The van der Waals surface area contributed by atoms with Crippen LogP contribution in [0.3, 0.4) is 0 Å². The highest BCUT2D eigenvalue weighted by Gasteiger charge is 2.08. The number of benzene rings is 1. The summed E-state index contributed by atoms with van der Waals surface area (Å²) in [5, 5.41) is 7.19.